The van der Waals surface area contributed by atoms with Crippen LogP contribution in [0.2, 0.25) is 0 Å². The maximum absolute atomic E-state index is 15.4. The molecule has 0 amide bonds. The van der Waals surface area contributed by atoms with Crippen LogP contribution >= 0.6 is 0 Å². The first-order chi connectivity index (χ1) is 13.8. The van der Waals surface area contributed by atoms with E-state index in [1.54, 1.807) is 0 Å². The van der Waals surface area contributed by atoms with Gasteiger partial charge in [-0.15, -0.1) is 0 Å². The van der Waals surface area contributed by atoms with Gasteiger partial charge in [-0.2, -0.15) is 8.42 Å². The van der Waals surface area contributed by atoms with Crippen molar-refractivity contribution < 1.29 is 31.2 Å². The summed E-state index contributed by atoms with van der Waals surface area (Å²) >= 11 is 0. The van der Waals surface area contributed by atoms with Crippen LogP contribution in [0.1, 0.15) is 25.5 Å². The summed E-state index contributed by atoms with van der Waals surface area (Å²) in [6.45, 7) is 0.127. The van der Waals surface area contributed by atoms with Crippen LogP contribution in [0.15, 0.2) is 12.7 Å². The number of hydrogen-bond acceptors (Lipinski definition) is 10. The van der Waals surface area contributed by atoms with Crippen LogP contribution in [0.4, 0.5) is 10.2 Å². The molecular formula is C16H22FN5O6S. The van der Waals surface area contributed by atoms with Gasteiger partial charge in [-0.05, 0) is 19.3 Å². The molecule has 0 spiro atoms. The Hall–Kier alpha value is -1.93. The fourth-order valence-electron chi connectivity index (χ4n) is 3.46. The minimum absolute atomic E-state index is 0.155. The molecule has 2 fully saturated rings. The summed E-state index contributed by atoms with van der Waals surface area (Å²) in [6.07, 6.45) is 0.449. The first-order valence-electron chi connectivity index (χ1n) is 9.17. The van der Waals surface area contributed by atoms with Gasteiger partial charge in [-0.3, -0.25) is 8.75 Å². The van der Waals surface area contributed by atoms with E-state index in [4.69, 9.17) is 24.1 Å². The lowest BCUT2D eigenvalue weighted by atomic mass is 10.1. The van der Waals surface area contributed by atoms with Crippen molar-refractivity contribution in [2.24, 2.45) is 0 Å². The van der Waals surface area contributed by atoms with Crippen LogP contribution in [0, 0.1) is 0 Å². The van der Waals surface area contributed by atoms with E-state index >= 15 is 4.39 Å². The van der Waals surface area contributed by atoms with Gasteiger partial charge in [0.2, 0.25) is 0 Å². The van der Waals surface area contributed by atoms with Crippen molar-refractivity contribution in [3.63, 3.8) is 0 Å². The molecule has 5 atom stereocenters. The van der Waals surface area contributed by atoms with Crippen molar-refractivity contribution in [2.45, 2.75) is 50.2 Å². The molecule has 0 bridgehead atoms. The molecule has 2 aliphatic heterocycles. The Morgan fingerprint density at radius 1 is 1.34 bits per heavy atom. The molecule has 2 aromatic rings. The van der Waals surface area contributed by atoms with Gasteiger partial charge in [0.25, 0.3) is 10.1 Å². The zero-order valence-corrected chi connectivity index (χ0v) is 16.5. The molecule has 2 aliphatic rings. The monoisotopic (exact) mass is 431 g/mol. The highest BCUT2D eigenvalue weighted by Gasteiger charge is 2.49. The topological polar surface area (TPSA) is 141 Å². The highest BCUT2D eigenvalue weighted by atomic mass is 32.2. The van der Waals surface area contributed by atoms with E-state index < -0.39 is 47.6 Å². The fourth-order valence-corrected chi connectivity index (χ4v) is 3.84. The summed E-state index contributed by atoms with van der Waals surface area (Å²) in [5, 5.41) is 0. The van der Waals surface area contributed by atoms with E-state index in [9.17, 15) is 8.42 Å². The number of alkyl halides is 1. The molecular weight excluding hydrogens is 409 g/mol. The maximum atomic E-state index is 15.4. The van der Waals surface area contributed by atoms with Crippen LogP contribution < -0.4 is 5.73 Å². The Morgan fingerprint density at radius 2 is 2.17 bits per heavy atom. The van der Waals surface area contributed by atoms with E-state index in [1.807, 2.05) is 0 Å². The SMILES string of the molecule is CS(=O)(=O)OC[C@H]1O[C@@H](n2cnc3c(N)ncnc32)[C@@H](F)[C@@H]1OC1CCCCO1. The summed E-state index contributed by atoms with van der Waals surface area (Å²) in [4.78, 5) is 12.1. The quantitative estimate of drug-likeness (QED) is 0.644. The van der Waals surface area contributed by atoms with Gasteiger partial charge < -0.3 is 19.9 Å². The summed E-state index contributed by atoms with van der Waals surface area (Å²) in [6, 6.07) is 0. The predicted octanol–water partition coefficient (Wildman–Crippen LogP) is 0.532. The number of fused-ring (bicyclic) bond motifs is 1. The molecule has 0 aliphatic carbocycles. The maximum Gasteiger partial charge on any atom is 0.264 e. The summed E-state index contributed by atoms with van der Waals surface area (Å²) in [5.74, 6) is 0.155. The van der Waals surface area contributed by atoms with Gasteiger partial charge in [0, 0.05) is 6.61 Å². The third-order valence-corrected chi connectivity index (χ3v) is 5.39. The highest BCUT2D eigenvalue weighted by Crippen LogP contribution is 2.37. The van der Waals surface area contributed by atoms with Gasteiger partial charge in [-0.1, -0.05) is 0 Å². The van der Waals surface area contributed by atoms with Gasteiger partial charge in [0.1, 0.15) is 24.1 Å². The van der Waals surface area contributed by atoms with Crippen LogP contribution in [-0.2, 0) is 28.5 Å². The second-order valence-corrected chi connectivity index (χ2v) is 8.62. The Labute approximate surface area is 166 Å². The first kappa shape index (κ1) is 20.3. The lowest BCUT2D eigenvalue weighted by molar-refractivity contribution is -0.205. The average molecular weight is 431 g/mol. The minimum Gasteiger partial charge on any atom is -0.382 e. The normalized spacial score (nSPS) is 30.8. The Morgan fingerprint density at radius 3 is 2.90 bits per heavy atom. The van der Waals surface area contributed by atoms with E-state index in [-0.39, 0.29) is 5.82 Å². The van der Waals surface area contributed by atoms with Crippen LogP contribution in [-0.4, -0.2) is 72.1 Å². The Bertz CT molecular complexity index is 966. The number of nitrogens with zero attached hydrogens (tertiary/aromatic N) is 4. The second-order valence-electron chi connectivity index (χ2n) is 6.98. The number of ether oxygens (including phenoxy) is 3. The first-order valence-corrected chi connectivity index (χ1v) is 11.0. The van der Waals surface area contributed by atoms with Crippen molar-refractivity contribution in [3.05, 3.63) is 12.7 Å². The van der Waals surface area contributed by atoms with E-state index in [1.165, 1.54) is 17.2 Å². The summed E-state index contributed by atoms with van der Waals surface area (Å²) < 4.78 is 61.6. The number of nitrogen functional groups attached to an aromatic ring is 1. The van der Waals surface area contributed by atoms with Crippen molar-refractivity contribution >= 4 is 27.1 Å². The number of rotatable bonds is 6. The molecule has 2 N–H and O–H groups in total. The zero-order chi connectivity index (χ0) is 20.6. The number of anilines is 1. The molecule has 11 nitrogen and oxygen atoms in total. The average Bonchev–Trinajstić information content (AvgIpc) is 3.23. The molecule has 160 valence electrons. The minimum atomic E-state index is -3.74. The molecule has 0 saturated carbocycles. The van der Waals surface area contributed by atoms with Crippen LogP contribution in [0.25, 0.3) is 11.2 Å². The molecule has 0 aromatic carbocycles. The number of aromatic nitrogens is 4. The Balaban J connectivity index is 1.60. The number of nitrogens with two attached hydrogens (primary N) is 1. The molecule has 4 rings (SSSR count). The van der Waals surface area contributed by atoms with Gasteiger partial charge in [-0.25, -0.2) is 19.3 Å². The third-order valence-electron chi connectivity index (χ3n) is 4.82. The largest absolute Gasteiger partial charge is 0.382 e. The smallest absolute Gasteiger partial charge is 0.264 e. The number of imidazole rings is 1. The van der Waals surface area contributed by atoms with E-state index in [0.29, 0.717) is 24.2 Å². The highest BCUT2D eigenvalue weighted by molar-refractivity contribution is 7.85. The van der Waals surface area contributed by atoms with Gasteiger partial charge in [0.05, 0.1) is 19.2 Å². The van der Waals surface area contributed by atoms with E-state index in [0.717, 1.165) is 19.1 Å². The van der Waals surface area contributed by atoms with Crippen molar-refractivity contribution in [3.8, 4) is 0 Å². The molecule has 13 heteroatoms. The fraction of sp³-hybridized carbons (Fsp3) is 0.688. The standard InChI is InChI=1S/C16H22FN5O6S/c1-29(23,24)26-6-9-13(28-10-4-2-3-5-25-10)11(17)16(27-9)22-8-21-12-14(18)19-7-20-15(12)22/h7-11,13,16H,2-6H2,1H3,(H2,18,19,20)/t9-,10?,11+,13-,16-/m1/s1. The molecule has 2 aromatic heterocycles. The zero-order valence-electron chi connectivity index (χ0n) is 15.7. The molecule has 4 heterocycles. The second kappa shape index (κ2) is 8.07. The van der Waals surface area contributed by atoms with Crippen molar-refractivity contribution in [1.29, 1.82) is 0 Å². The predicted molar refractivity (Wildman–Crippen MR) is 97.8 cm³/mol. The van der Waals surface area contributed by atoms with Gasteiger partial charge >= 0.3 is 0 Å². The lowest BCUT2D eigenvalue weighted by Crippen LogP contribution is -2.39. The van der Waals surface area contributed by atoms with E-state index in [2.05, 4.69) is 15.0 Å². The number of hydrogen-bond donors (Lipinski definition) is 1. The Kier molecular flexibility index (Phi) is 5.66. The molecule has 2 saturated heterocycles. The molecule has 0 radical (unpaired) electrons. The lowest BCUT2D eigenvalue weighted by Gasteiger charge is -2.28. The van der Waals surface area contributed by atoms with Crippen molar-refractivity contribution in [2.75, 3.05) is 25.2 Å². The van der Waals surface area contributed by atoms with Crippen LogP contribution in [0.5, 0.6) is 0 Å². The molecule has 1 unspecified atom stereocenters. The van der Waals surface area contributed by atoms with Crippen molar-refractivity contribution in [1.82, 2.24) is 19.5 Å². The van der Waals surface area contributed by atoms with Gasteiger partial charge in [0.15, 0.2) is 30.2 Å². The number of halogens is 1. The summed E-state index contributed by atoms with van der Waals surface area (Å²) in [7, 11) is -3.74. The third kappa shape index (κ3) is 4.33. The molecule has 29 heavy (non-hydrogen) atoms. The van der Waals surface area contributed by atoms with Crippen LogP contribution in [0.3, 0.4) is 0 Å². The summed E-state index contributed by atoms with van der Waals surface area (Å²) in [5.41, 5.74) is 6.39.